The van der Waals surface area contributed by atoms with Crippen LogP contribution in [0.5, 0.6) is 0 Å². The van der Waals surface area contributed by atoms with E-state index in [1.54, 1.807) is 6.07 Å². The maximum Gasteiger partial charge on any atom is 0.340 e. The van der Waals surface area contributed by atoms with Crippen LogP contribution in [0.2, 0.25) is 0 Å². The number of methoxy groups -OCH3 is 1. The first-order valence-electron chi connectivity index (χ1n) is 6.92. The molecule has 0 amide bonds. The molecule has 1 aromatic heterocycles. The average Bonchev–Trinajstić information content (AvgIpc) is 2.86. The number of sulfonamides is 1. The van der Waals surface area contributed by atoms with Gasteiger partial charge in [-0.3, -0.25) is 0 Å². The normalized spacial score (nSPS) is 16.2. The van der Waals surface area contributed by atoms with Crippen LogP contribution in [0.25, 0.3) is 0 Å². The second kappa shape index (κ2) is 7.12. The highest BCUT2D eigenvalue weighted by Gasteiger charge is 2.25. The van der Waals surface area contributed by atoms with Crippen molar-refractivity contribution in [2.75, 3.05) is 44.9 Å². The number of piperazine rings is 1. The molecule has 10 heteroatoms. The van der Waals surface area contributed by atoms with Crippen LogP contribution < -0.4 is 5.32 Å². The van der Waals surface area contributed by atoms with Gasteiger partial charge in [0.05, 0.1) is 18.9 Å². The maximum atomic E-state index is 11.8. The summed E-state index contributed by atoms with van der Waals surface area (Å²) in [5.41, 5.74) is 0.451. The van der Waals surface area contributed by atoms with E-state index in [1.807, 2.05) is 11.8 Å². The zero-order valence-corrected chi connectivity index (χ0v) is 15.6. The number of hydrogen-bond donors (Lipinski definition) is 1. The molecule has 1 N–H and O–H groups in total. The number of nitrogens with one attached hydrogen (secondary N) is 1. The molecule has 0 bridgehead atoms. The zero-order valence-electron chi connectivity index (χ0n) is 13.2. The van der Waals surface area contributed by atoms with Crippen molar-refractivity contribution in [2.45, 2.75) is 6.92 Å². The van der Waals surface area contributed by atoms with Crippen LogP contribution in [0.15, 0.2) is 6.07 Å². The molecule has 2 rings (SSSR count). The Hall–Kier alpha value is -1.23. The zero-order chi connectivity index (χ0) is 17.2. The number of hydrogen-bond acceptors (Lipinski definition) is 6. The van der Waals surface area contributed by atoms with Crippen molar-refractivity contribution in [3.8, 4) is 0 Å². The van der Waals surface area contributed by atoms with Crippen molar-refractivity contribution >= 4 is 49.7 Å². The lowest BCUT2D eigenvalue weighted by Gasteiger charge is -2.34. The summed E-state index contributed by atoms with van der Waals surface area (Å²) in [6.45, 7) is 3.71. The minimum absolute atomic E-state index is 0.397. The SMILES string of the molecule is COC(=O)c1cc(C)sc1NC(=S)N1CCN(S(C)(=O)=O)CC1. The predicted molar refractivity (Wildman–Crippen MR) is 94.6 cm³/mol. The summed E-state index contributed by atoms with van der Waals surface area (Å²) in [6, 6.07) is 1.75. The van der Waals surface area contributed by atoms with E-state index in [-0.39, 0.29) is 0 Å². The molecule has 0 radical (unpaired) electrons. The number of anilines is 1. The number of carbonyl (C=O) groups is 1. The Kier molecular flexibility index (Phi) is 5.61. The lowest BCUT2D eigenvalue weighted by atomic mass is 10.3. The number of ether oxygens (including phenoxy) is 1. The summed E-state index contributed by atoms with van der Waals surface area (Å²) >= 11 is 6.80. The fraction of sp³-hybridized carbons (Fsp3) is 0.538. The second-order valence-corrected chi connectivity index (χ2v) is 8.80. The van der Waals surface area contributed by atoms with Crippen LogP contribution in [0.3, 0.4) is 0 Å². The van der Waals surface area contributed by atoms with Gasteiger partial charge in [0, 0.05) is 31.1 Å². The minimum atomic E-state index is -3.17. The molecule has 7 nitrogen and oxygen atoms in total. The molecule has 1 fully saturated rings. The number of thiophene rings is 1. The molecule has 128 valence electrons. The number of thiocarbonyl (C=S) groups is 1. The van der Waals surface area contributed by atoms with E-state index in [9.17, 15) is 13.2 Å². The molecule has 1 aromatic rings. The Morgan fingerprint density at radius 1 is 1.35 bits per heavy atom. The molecule has 2 heterocycles. The quantitative estimate of drug-likeness (QED) is 0.624. The topological polar surface area (TPSA) is 79.0 Å². The van der Waals surface area contributed by atoms with E-state index in [2.05, 4.69) is 5.32 Å². The molecule has 0 unspecified atom stereocenters. The lowest BCUT2D eigenvalue weighted by molar-refractivity contribution is 0.0602. The van der Waals surface area contributed by atoms with Crippen LogP contribution in [-0.2, 0) is 14.8 Å². The Morgan fingerprint density at radius 2 is 1.96 bits per heavy atom. The highest BCUT2D eigenvalue weighted by molar-refractivity contribution is 7.88. The standard InChI is InChI=1S/C13H19N3O4S3/c1-9-8-10(12(17)20-2)11(22-9)14-13(21)15-4-6-16(7-5-15)23(3,18)19/h8H,4-7H2,1-3H3,(H,14,21). The number of carbonyl (C=O) groups excluding carboxylic acids is 1. The van der Waals surface area contributed by atoms with Crippen molar-refractivity contribution in [3.05, 3.63) is 16.5 Å². The average molecular weight is 378 g/mol. The third-order valence-electron chi connectivity index (χ3n) is 3.48. The molecular formula is C13H19N3O4S3. The molecule has 1 aliphatic rings. The molecule has 0 saturated carbocycles. The van der Waals surface area contributed by atoms with Crippen molar-refractivity contribution in [2.24, 2.45) is 0 Å². The molecule has 0 atom stereocenters. The lowest BCUT2D eigenvalue weighted by Crippen LogP contribution is -2.51. The third kappa shape index (κ3) is 4.40. The molecule has 1 aliphatic heterocycles. The summed E-state index contributed by atoms with van der Waals surface area (Å²) in [4.78, 5) is 14.6. The second-order valence-electron chi connectivity index (χ2n) is 5.17. The van der Waals surface area contributed by atoms with E-state index < -0.39 is 16.0 Å². The summed E-state index contributed by atoms with van der Waals surface area (Å²) in [5, 5.41) is 4.20. The van der Waals surface area contributed by atoms with Gasteiger partial charge in [0.2, 0.25) is 10.0 Å². The molecule has 0 aliphatic carbocycles. The highest BCUT2D eigenvalue weighted by atomic mass is 32.2. The largest absolute Gasteiger partial charge is 0.465 e. The van der Waals surface area contributed by atoms with Gasteiger partial charge >= 0.3 is 5.97 Å². The van der Waals surface area contributed by atoms with Crippen LogP contribution >= 0.6 is 23.6 Å². The first-order chi connectivity index (χ1) is 10.7. The van der Waals surface area contributed by atoms with Crippen LogP contribution in [-0.4, -0.2) is 68.2 Å². The van der Waals surface area contributed by atoms with Crippen molar-refractivity contribution in [1.82, 2.24) is 9.21 Å². The van der Waals surface area contributed by atoms with Crippen molar-refractivity contribution in [3.63, 3.8) is 0 Å². The molecule has 0 aromatic carbocycles. The van der Waals surface area contributed by atoms with Crippen LogP contribution in [0.4, 0.5) is 5.00 Å². The van der Waals surface area contributed by atoms with Crippen molar-refractivity contribution < 1.29 is 17.9 Å². The Morgan fingerprint density at radius 3 is 2.48 bits per heavy atom. The number of aryl methyl sites for hydroxylation is 1. The first-order valence-corrected chi connectivity index (χ1v) is 9.99. The van der Waals surface area contributed by atoms with Crippen molar-refractivity contribution in [1.29, 1.82) is 0 Å². The van der Waals surface area contributed by atoms with Gasteiger partial charge in [-0.2, -0.15) is 4.31 Å². The molecule has 23 heavy (non-hydrogen) atoms. The number of esters is 1. The molecule has 1 saturated heterocycles. The van der Waals surface area contributed by atoms with Gasteiger partial charge in [-0.15, -0.1) is 11.3 Å². The predicted octanol–water partition coefficient (Wildman–Crippen LogP) is 1.12. The van der Waals surface area contributed by atoms with E-state index in [4.69, 9.17) is 17.0 Å². The first kappa shape index (κ1) is 18.1. The van der Waals surface area contributed by atoms with E-state index in [1.165, 1.54) is 29.0 Å². The van der Waals surface area contributed by atoms with E-state index in [0.717, 1.165) is 4.88 Å². The summed E-state index contributed by atoms with van der Waals surface area (Å²) in [5.74, 6) is -0.415. The van der Waals surface area contributed by atoms with Gasteiger partial charge in [0.15, 0.2) is 5.11 Å². The van der Waals surface area contributed by atoms with Gasteiger partial charge in [-0.1, -0.05) is 0 Å². The third-order valence-corrected chi connectivity index (χ3v) is 6.11. The summed E-state index contributed by atoms with van der Waals surface area (Å²) in [6.07, 6.45) is 1.20. The Labute approximate surface area is 145 Å². The summed E-state index contributed by atoms with van der Waals surface area (Å²) < 4.78 is 29.2. The minimum Gasteiger partial charge on any atom is -0.465 e. The monoisotopic (exact) mass is 377 g/mol. The fourth-order valence-corrected chi connectivity index (χ4v) is 4.34. The van der Waals surface area contributed by atoms with E-state index in [0.29, 0.717) is 41.9 Å². The molecule has 0 spiro atoms. The number of rotatable bonds is 3. The van der Waals surface area contributed by atoms with Gasteiger partial charge in [-0.05, 0) is 25.2 Å². The Balaban J connectivity index is 2.03. The van der Waals surface area contributed by atoms with Gasteiger partial charge in [0.25, 0.3) is 0 Å². The van der Waals surface area contributed by atoms with Gasteiger partial charge < -0.3 is 15.0 Å². The van der Waals surface area contributed by atoms with Gasteiger partial charge in [-0.25, -0.2) is 13.2 Å². The summed E-state index contributed by atoms with van der Waals surface area (Å²) in [7, 11) is -1.83. The fourth-order valence-electron chi connectivity index (χ4n) is 2.27. The van der Waals surface area contributed by atoms with Crippen LogP contribution in [0.1, 0.15) is 15.2 Å². The van der Waals surface area contributed by atoms with Crippen LogP contribution in [0, 0.1) is 6.92 Å². The highest BCUT2D eigenvalue weighted by Crippen LogP contribution is 2.28. The smallest absolute Gasteiger partial charge is 0.340 e. The van der Waals surface area contributed by atoms with Gasteiger partial charge in [0.1, 0.15) is 5.00 Å². The number of nitrogens with zero attached hydrogens (tertiary/aromatic N) is 2. The Bertz CT molecular complexity index is 706. The maximum absolute atomic E-state index is 11.8. The molecular weight excluding hydrogens is 358 g/mol. The van der Waals surface area contributed by atoms with E-state index >= 15 is 0 Å².